The van der Waals surface area contributed by atoms with Crippen LogP contribution in [-0.4, -0.2) is 35.0 Å². The highest BCUT2D eigenvalue weighted by Gasteiger charge is 2.32. The molecule has 2 heterocycles. The van der Waals surface area contributed by atoms with Gasteiger partial charge in [0.05, 0.1) is 25.7 Å². The molecule has 0 atom stereocenters. The van der Waals surface area contributed by atoms with Crippen LogP contribution in [0.4, 0.5) is 0 Å². The van der Waals surface area contributed by atoms with Gasteiger partial charge in [-0.1, -0.05) is 23.7 Å². The van der Waals surface area contributed by atoms with Crippen molar-refractivity contribution in [1.82, 2.24) is 9.88 Å². The van der Waals surface area contributed by atoms with E-state index in [2.05, 4.69) is 4.98 Å². The van der Waals surface area contributed by atoms with E-state index in [4.69, 9.17) is 16.3 Å². The second kappa shape index (κ2) is 6.14. The zero-order valence-electron chi connectivity index (χ0n) is 11.4. The van der Waals surface area contributed by atoms with E-state index in [0.29, 0.717) is 24.5 Å². The summed E-state index contributed by atoms with van der Waals surface area (Å²) in [4.78, 5) is 17.9. The molecule has 0 spiro atoms. The van der Waals surface area contributed by atoms with E-state index < -0.39 is 0 Å². The Morgan fingerprint density at radius 1 is 1.29 bits per heavy atom. The van der Waals surface area contributed by atoms with Crippen molar-refractivity contribution in [3.63, 3.8) is 0 Å². The van der Waals surface area contributed by atoms with Crippen LogP contribution in [0, 0.1) is 0 Å². The van der Waals surface area contributed by atoms with Crippen molar-refractivity contribution >= 4 is 17.5 Å². The Morgan fingerprint density at radius 2 is 2.05 bits per heavy atom. The summed E-state index contributed by atoms with van der Waals surface area (Å²) in [6, 6.07) is 11.1. The molecular weight excluding hydrogens is 288 g/mol. The number of likely N-dealkylation sites (tertiary alicyclic amines) is 1. The van der Waals surface area contributed by atoms with Crippen LogP contribution < -0.4 is 4.74 Å². The SMILES string of the molecule is O=C(Cc1ccc(Cl)cc1)N1CC(Oc2cccnc2)C1. The minimum absolute atomic E-state index is 0.0587. The van der Waals surface area contributed by atoms with Crippen LogP contribution in [-0.2, 0) is 11.2 Å². The van der Waals surface area contributed by atoms with Crippen LogP contribution in [0.25, 0.3) is 0 Å². The number of carbonyl (C=O) groups is 1. The number of aromatic nitrogens is 1. The normalized spacial score (nSPS) is 14.6. The summed E-state index contributed by atoms with van der Waals surface area (Å²) in [6.07, 6.45) is 3.84. The largest absolute Gasteiger partial charge is 0.485 e. The molecule has 1 aliphatic heterocycles. The number of hydrogen-bond acceptors (Lipinski definition) is 3. The highest BCUT2D eigenvalue weighted by molar-refractivity contribution is 6.30. The van der Waals surface area contributed by atoms with Gasteiger partial charge in [-0.05, 0) is 29.8 Å². The lowest BCUT2D eigenvalue weighted by molar-refractivity contribution is -0.139. The van der Waals surface area contributed by atoms with Crippen molar-refractivity contribution in [2.24, 2.45) is 0 Å². The molecular formula is C16H15ClN2O2. The number of benzene rings is 1. The molecule has 0 aliphatic carbocycles. The van der Waals surface area contributed by atoms with Gasteiger partial charge in [-0.2, -0.15) is 0 Å². The van der Waals surface area contributed by atoms with Crippen LogP contribution in [0.5, 0.6) is 5.75 Å². The predicted octanol–water partition coefficient (Wildman–Crippen LogP) is 2.57. The second-order valence-electron chi connectivity index (χ2n) is 5.03. The Hall–Kier alpha value is -2.07. The highest BCUT2D eigenvalue weighted by atomic mass is 35.5. The lowest BCUT2D eigenvalue weighted by Gasteiger charge is -2.39. The van der Waals surface area contributed by atoms with Crippen molar-refractivity contribution in [1.29, 1.82) is 0 Å². The maximum absolute atomic E-state index is 12.1. The van der Waals surface area contributed by atoms with Gasteiger partial charge in [0.15, 0.2) is 0 Å². The van der Waals surface area contributed by atoms with Crippen molar-refractivity contribution in [2.45, 2.75) is 12.5 Å². The van der Waals surface area contributed by atoms with Crippen LogP contribution in [0.3, 0.4) is 0 Å². The third-order valence-corrected chi connectivity index (χ3v) is 3.66. The highest BCUT2D eigenvalue weighted by Crippen LogP contribution is 2.18. The molecule has 0 saturated carbocycles. The van der Waals surface area contributed by atoms with Gasteiger partial charge in [0.25, 0.3) is 0 Å². The summed E-state index contributed by atoms with van der Waals surface area (Å²) < 4.78 is 5.72. The number of amides is 1. The van der Waals surface area contributed by atoms with Crippen molar-refractivity contribution < 1.29 is 9.53 Å². The minimum atomic E-state index is 0.0587. The molecule has 0 unspecified atom stereocenters. The molecule has 2 aromatic rings. The van der Waals surface area contributed by atoms with Crippen LogP contribution >= 0.6 is 11.6 Å². The molecule has 1 aromatic heterocycles. The van der Waals surface area contributed by atoms with E-state index in [1.54, 1.807) is 29.4 Å². The number of hydrogen-bond donors (Lipinski definition) is 0. The molecule has 4 nitrogen and oxygen atoms in total. The van der Waals surface area contributed by atoms with Gasteiger partial charge < -0.3 is 9.64 Å². The summed E-state index contributed by atoms with van der Waals surface area (Å²) in [5, 5.41) is 0.681. The van der Waals surface area contributed by atoms with Crippen molar-refractivity contribution in [3.05, 3.63) is 59.4 Å². The van der Waals surface area contributed by atoms with E-state index >= 15 is 0 Å². The summed E-state index contributed by atoms with van der Waals surface area (Å²) in [5.74, 6) is 0.857. The number of rotatable bonds is 4. The molecule has 1 aromatic carbocycles. The molecule has 1 aliphatic rings. The maximum atomic E-state index is 12.1. The molecule has 0 bridgehead atoms. The Morgan fingerprint density at radius 3 is 2.71 bits per heavy atom. The number of ether oxygens (including phenoxy) is 1. The van der Waals surface area contributed by atoms with Crippen LogP contribution in [0.2, 0.25) is 5.02 Å². The third kappa shape index (κ3) is 3.52. The quantitative estimate of drug-likeness (QED) is 0.872. The molecule has 21 heavy (non-hydrogen) atoms. The lowest BCUT2D eigenvalue weighted by Crippen LogP contribution is -2.56. The molecule has 5 heteroatoms. The van der Waals surface area contributed by atoms with Gasteiger partial charge in [-0.25, -0.2) is 0 Å². The zero-order valence-corrected chi connectivity index (χ0v) is 12.2. The average Bonchev–Trinajstić information content (AvgIpc) is 2.46. The van der Waals surface area contributed by atoms with Crippen molar-refractivity contribution in [3.8, 4) is 5.75 Å². The molecule has 0 radical (unpaired) electrons. The average molecular weight is 303 g/mol. The first-order chi connectivity index (χ1) is 10.2. The summed E-state index contributed by atoms with van der Waals surface area (Å²) >= 11 is 5.83. The Bertz CT molecular complexity index is 610. The molecule has 108 valence electrons. The summed E-state index contributed by atoms with van der Waals surface area (Å²) in [6.45, 7) is 1.25. The third-order valence-electron chi connectivity index (χ3n) is 3.41. The number of nitrogens with zero attached hydrogens (tertiary/aromatic N) is 2. The molecule has 1 saturated heterocycles. The summed E-state index contributed by atoms with van der Waals surface area (Å²) in [5.41, 5.74) is 0.973. The molecule has 1 amide bonds. The van der Waals surface area contributed by atoms with Gasteiger partial charge in [-0.15, -0.1) is 0 Å². The van der Waals surface area contributed by atoms with Gasteiger partial charge >= 0.3 is 0 Å². The van der Waals surface area contributed by atoms with E-state index in [1.165, 1.54) is 0 Å². The van der Waals surface area contributed by atoms with Crippen LogP contribution in [0.1, 0.15) is 5.56 Å². The topological polar surface area (TPSA) is 42.4 Å². The minimum Gasteiger partial charge on any atom is -0.485 e. The number of halogens is 1. The van der Waals surface area contributed by atoms with E-state index in [1.807, 2.05) is 24.3 Å². The number of pyridine rings is 1. The van der Waals surface area contributed by atoms with Gasteiger partial charge in [-0.3, -0.25) is 9.78 Å². The van der Waals surface area contributed by atoms with E-state index in [0.717, 1.165) is 11.3 Å². The first-order valence-electron chi connectivity index (χ1n) is 6.79. The Kier molecular flexibility index (Phi) is 4.06. The second-order valence-corrected chi connectivity index (χ2v) is 5.47. The molecule has 1 fully saturated rings. The molecule has 3 rings (SSSR count). The van der Waals surface area contributed by atoms with Gasteiger partial charge in [0.2, 0.25) is 5.91 Å². The Labute approximate surface area is 128 Å². The standard InChI is InChI=1S/C16H15ClN2O2/c17-13-5-3-12(4-6-13)8-16(20)19-10-15(11-19)21-14-2-1-7-18-9-14/h1-7,9,15H,8,10-11H2. The first-order valence-corrected chi connectivity index (χ1v) is 7.17. The van der Waals surface area contributed by atoms with E-state index in [9.17, 15) is 4.79 Å². The first kappa shape index (κ1) is 13.9. The van der Waals surface area contributed by atoms with Gasteiger partial charge in [0.1, 0.15) is 11.9 Å². The maximum Gasteiger partial charge on any atom is 0.227 e. The Balaban J connectivity index is 1.47. The lowest BCUT2D eigenvalue weighted by atomic mass is 10.1. The van der Waals surface area contributed by atoms with Crippen LogP contribution in [0.15, 0.2) is 48.8 Å². The summed E-state index contributed by atoms with van der Waals surface area (Å²) in [7, 11) is 0. The van der Waals surface area contributed by atoms with Crippen molar-refractivity contribution in [2.75, 3.05) is 13.1 Å². The fourth-order valence-corrected chi connectivity index (χ4v) is 2.34. The van der Waals surface area contributed by atoms with Gasteiger partial charge in [0, 0.05) is 11.2 Å². The number of carbonyl (C=O) groups excluding carboxylic acids is 1. The monoisotopic (exact) mass is 302 g/mol. The zero-order chi connectivity index (χ0) is 14.7. The fourth-order valence-electron chi connectivity index (χ4n) is 2.21. The fraction of sp³-hybridized carbons (Fsp3) is 0.250. The smallest absolute Gasteiger partial charge is 0.227 e. The predicted molar refractivity (Wildman–Crippen MR) is 80.4 cm³/mol. The van der Waals surface area contributed by atoms with E-state index in [-0.39, 0.29) is 12.0 Å². The molecule has 0 N–H and O–H groups in total.